The molecule has 0 bridgehead atoms. The molecule has 0 radical (unpaired) electrons. The molecule has 1 aromatic carbocycles. The van der Waals surface area contributed by atoms with Crippen LogP contribution in [-0.2, 0) is 4.74 Å². The fourth-order valence-electron chi connectivity index (χ4n) is 2.79. The molecule has 0 amide bonds. The first-order valence-electron chi connectivity index (χ1n) is 6.87. The zero-order valence-electron chi connectivity index (χ0n) is 11.7. The summed E-state index contributed by atoms with van der Waals surface area (Å²) in [4.78, 5) is 11.9. The van der Waals surface area contributed by atoms with Crippen LogP contribution in [0.25, 0.3) is 0 Å². The number of nitrogens with one attached hydrogen (secondary N) is 1. The molecular weight excluding hydrogens is 386 g/mol. The molecule has 1 unspecified atom stereocenters. The van der Waals surface area contributed by atoms with Crippen LogP contribution < -0.4 is 5.32 Å². The molecule has 1 aromatic rings. The number of ether oxygens (including phenoxy) is 1. The van der Waals surface area contributed by atoms with Gasteiger partial charge in [0.05, 0.1) is 18.4 Å². The maximum Gasteiger partial charge on any atom is 0.340 e. The van der Waals surface area contributed by atoms with E-state index < -0.39 is 0 Å². The van der Waals surface area contributed by atoms with Crippen LogP contribution in [0.15, 0.2) is 21.1 Å². The summed E-state index contributed by atoms with van der Waals surface area (Å²) in [6.45, 7) is 2.19. The number of esters is 1. The third-order valence-electron chi connectivity index (χ3n) is 3.94. The van der Waals surface area contributed by atoms with Crippen molar-refractivity contribution in [3.05, 3.63) is 26.6 Å². The second-order valence-electron chi connectivity index (χ2n) is 5.28. The molecule has 1 aliphatic carbocycles. The van der Waals surface area contributed by atoms with Gasteiger partial charge >= 0.3 is 5.97 Å². The molecule has 2 rings (SSSR count). The summed E-state index contributed by atoms with van der Waals surface area (Å²) in [5, 5.41) is 3.49. The summed E-state index contributed by atoms with van der Waals surface area (Å²) < 4.78 is 6.60. The molecular formula is C15H19Br2NO2. The Bertz CT molecular complexity index is 499. The van der Waals surface area contributed by atoms with E-state index >= 15 is 0 Å². The SMILES string of the molecule is COC(=O)c1cc(Br)cc(Br)c1NC(C)C1CCCC1. The van der Waals surface area contributed by atoms with Crippen LogP contribution >= 0.6 is 31.9 Å². The lowest BCUT2D eigenvalue weighted by atomic mass is 9.99. The lowest BCUT2D eigenvalue weighted by molar-refractivity contribution is 0.0601. The van der Waals surface area contributed by atoms with Crippen LogP contribution in [-0.4, -0.2) is 19.1 Å². The van der Waals surface area contributed by atoms with E-state index in [0.717, 1.165) is 14.6 Å². The normalized spacial score (nSPS) is 17.0. The van der Waals surface area contributed by atoms with E-state index in [-0.39, 0.29) is 5.97 Å². The topological polar surface area (TPSA) is 38.3 Å². The van der Waals surface area contributed by atoms with Crippen molar-refractivity contribution in [2.75, 3.05) is 12.4 Å². The highest BCUT2D eigenvalue weighted by atomic mass is 79.9. The third-order valence-corrected chi connectivity index (χ3v) is 5.02. The number of hydrogen-bond donors (Lipinski definition) is 1. The Balaban J connectivity index is 2.27. The highest BCUT2D eigenvalue weighted by Crippen LogP contribution is 2.35. The van der Waals surface area contributed by atoms with E-state index in [1.165, 1.54) is 32.8 Å². The lowest BCUT2D eigenvalue weighted by Crippen LogP contribution is -2.25. The molecule has 1 fully saturated rings. The van der Waals surface area contributed by atoms with E-state index in [1.54, 1.807) is 6.07 Å². The van der Waals surface area contributed by atoms with Gasteiger partial charge in [-0.25, -0.2) is 4.79 Å². The predicted molar refractivity (Wildman–Crippen MR) is 88.2 cm³/mol. The molecule has 0 aliphatic heterocycles. The third kappa shape index (κ3) is 3.55. The highest BCUT2D eigenvalue weighted by molar-refractivity contribution is 9.11. The van der Waals surface area contributed by atoms with E-state index in [2.05, 4.69) is 44.1 Å². The summed E-state index contributed by atoms with van der Waals surface area (Å²) in [6.07, 6.45) is 5.13. The number of carbonyl (C=O) groups excluding carboxylic acids is 1. The quantitative estimate of drug-likeness (QED) is 0.718. The minimum Gasteiger partial charge on any atom is -0.465 e. The maximum absolute atomic E-state index is 11.9. The molecule has 1 aliphatic rings. The van der Waals surface area contributed by atoms with Crippen molar-refractivity contribution in [1.82, 2.24) is 0 Å². The van der Waals surface area contributed by atoms with Crippen LogP contribution in [0.5, 0.6) is 0 Å². The van der Waals surface area contributed by atoms with Gasteiger partial charge in [-0.3, -0.25) is 0 Å². The molecule has 20 heavy (non-hydrogen) atoms. The second-order valence-corrected chi connectivity index (χ2v) is 7.05. The zero-order valence-corrected chi connectivity index (χ0v) is 14.9. The summed E-state index contributed by atoms with van der Waals surface area (Å²) in [5.74, 6) is 0.351. The molecule has 1 atom stereocenters. The largest absolute Gasteiger partial charge is 0.465 e. The van der Waals surface area contributed by atoms with Crippen LogP contribution in [0, 0.1) is 5.92 Å². The molecule has 0 aromatic heterocycles. The minimum atomic E-state index is -0.326. The second kappa shape index (κ2) is 6.94. The van der Waals surface area contributed by atoms with E-state index in [1.807, 2.05) is 6.07 Å². The Morgan fingerprint density at radius 1 is 1.35 bits per heavy atom. The van der Waals surface area contributed by atoms with E-state index in [0.29, 0.717) is 17.5 Å². The Hall–Kier alpha value is -0.550. The number of methoxy groups -OCH3 is 1. The Morgan fingerprint density at radius 2 is 2.00 bits per heavy atom. The average molecular weight is 405 g/mol. The van der Waals surface area contributed by atoms with Crippen molar-refractivity contribution < 1.29 is 9.53 Å². The van der Waals surface area contributed by atoms with Gasteiger partial charge < -0.3 is 10.1 Å². The van der Waals surface area contributed by atoms with Crippen molar-refractivity contribution in [2.24, 2.45) is 5.92 Å². The zero-order chi connectivity index (χ0) is 14.7. The average Bonchev–Trinajstić information content (AvgIpc) is 2.94. The van der Waals surface area contributed by atoms with Gasteiger partial charge in [0.15, 0.2) is 0 Å². The number of hydrogen-bond acceptors (Lipinski definition) is 3. The van der Waals surface area contributed by atoms with Crippen molar-refractivity contribution in [1.29, 1.82) is 0 Å². The van der Waals surface area contributed by atoms with Gasteiger partial charge in [-0.05, 0) is 53.7 Å². The molecule has 0 heterocycles. The standard InChI is InChI=1S/C15H19Br2NO2/c1-9(10-5-3-4-6-10)18-14-12(15(19)20-2)7-11(16)8-13(14)17/h7-10,18H,3-6H2,1-2H3. The predicted octanol–water partition coefficient (Wildman–Crippen LogP) is 4.99. The number of carbonyl (C=O) groups is 1. The lowest BCUT2D eigenvalue weighted by Gasteiger charge is -2.24. The Labute approximate surface area is 136 Å². The van der Waals surface area contributed by atoms with Crippen LogP contribution in [0.2, 0.25) is 0 Å². The van der Waals surface area contributed by atoms with Crippen molar-refractivity contribution in [3.63, 3.8) is 0 Å². The molecule has 3 nitrogen and oxygen atoms in total. The number of halogens is 2. The molecule has 0 saturated heterocycles. The highest BCUT2D eigenvalue weighted by Gasteiger charge is 2.24. The van der Waals surface area contributed by atoms with Gasteiger partial charge in [0.1, 0.15) is 0 Å². The number of benzene rings is 1. The molecule has 1 saturated carbocycles. The van der Waals surface area contributed by atoms with Gasteiger partial charge in [0, 0.05) is 15.0 Å². The van der Waals surface area contributed by atoms with Crippen LogP contribution in [0.3, 0.4) is 0 Å². The number of anilines is 1. The Kier molecular flexibility index (Phi) is 5.49. The van der Waals surface area contributed by atoms with Gasteiger partial charge in [0.2, 0.25) is 0 Å². The summed E-state index contributed by atoms with van der Waals surface area (Å²) >= 11 is 6.94. The first-order chi connectivity index (χ1) is 9.52. The van der Waals surface area contributed by atoms with Crippen molar-refractivity contribution in [2.45, 2.75) is 38.6 Å². The molecule has 0 spiro atoms. The van der Waals surface area contributed by atoms with E-state index in [9.17, 15) is 4.79 Å². The summed E-state index contributed by atoms with van der Waals surface area (Å²) in [6, 6.07) is 4.08. The van der Waals surface area contributed by atoms with Gasteiger partial charge in [-0.15, -0.1) is 0 Å². The summed E-state index contributed by atoms with van der Waals surface area (Å²) in [7, 11) is 1.40. The fourth-order valence-corrected chi connectivity index (χ4v) is 4.13. The van der Waals surface area contributed by atoms with Gasteiger partial charge in [-0.2, -0.15) is 0 Å². The fraction of sp³-hybridized carbons (Fsp3) is 0.533. The van der Waals surface area contributed by atoms with Crippen molar-refractivity contribution in [3.8, 4) is 0 Å². The monoisotopic (exact) mass is 403 g/mol. The van der Waals surface area contributed by atoms with Crippen molar-refractivity contribution >= 4 is 43.5 Å². The first kappa shape index (κ1) is 15.8. The maximum atomic E-state index is 11.9. The van der Waals surface area contributed by atoms with Crippen LogP contribution in [0.4, 0.5) is 5.69 Å². The minimum absolute atomic E-state index is 0.326. The van der Waals surface area contributed by atoms with Gasteiger partial charge in [-0.1, -0.05) is 28.8 Å². The van der Waals surface area contributed by atoms with E-state index in [4.69, 9.17) is 4.74 Å². The summed E-state index contributed by atoms with van der Waals surface area (Å²) in [5.41, 5.74) is 1.37. The van der Waals surface area contributed by atoms with Crippen LogP contribution in [0.1, 0.15) is 43.0 Å². The molecule has 110 valence electrons. The first-order valence-corrected chi connectivity index (χ1v) is 8.45. The molecule has 5 heteroatoms. The van der Waals surface area contributed by atoms with Gasteiger partial charge in [0.25, 0.3) is 0 Å². The number of rotatable bonds is 4. The Morgan fingerprint density at radius 3 is 2.60 bits per heavy atom. The molecule has 1 N–H and O–H groups in total. The smallest absolute Gasteiger partial charge is 0.340 e.